The molecular formula is C17H22N4S. The Balaban J connectivity index is 2.08. The highest BCUT2D eigenvalue weighted by molar-refractivity contribution is 7.80. The predicted octanol–water partition coefficient (Wildman–Crippen LogP) is 3.28. The molecule has 2 aromatic rings. The van der Waals surface area contributed by atoms with Gasteiger partial charge in [-0.25, -0.2) is 0 Å². The van der Waals surface area contributed by atoms with Gasteiger partial charge in [-0.3, -0.25) is 4.98 Å². The number of pyridine rings is 1. The minimum atomic E-state index is 0.0799. The molecule has 3 heterocycles. The summed E-state index contributed by atoms with van der Waals surface area (Å²) in [5.74, 6) is 0. The Morgan fingerprint density at radius 3 is 2.73 bits per heavy atom. The molecule has 116 valence electrons. The summed E-state index contributed by atoms with van der Waals surface area (Å²) in [5.41, 5.74) is 2.31. The zero-order valence-electron chi connectivity index (χ0n) is 13.2. The molecule has 1 fully saturated rings. The number of hydrogen-bond donors (Lipinski definition) is 1. The van der Waals surface area contributed by atoms with Crippen LogP contribution in [0, 0.1) is 0 Å². The Kier molecular flexibility index (Phi) is 4.16. The van der Waals surface area contributed by atoms with Gasteiger partial charge in [0.2, 0.25) is 0 Å². The molecule has 2 atom stereocenters. The Morgan fingerprint density at radius 1 is 1.27 bits per heavy atom. The van der Waals surface area contributed by atoms with Crippen molar-refractivity contribution in [3.63, 3.8) is 0 Å². The van der Waals surface area contributed by atoms with Gasteiger partial charge < -0.3 is 14.8 Å². The molecule has 0 saturated carbocycles. The summed E-state index contributed by atoms with van der Waals surface area (Å²) in [6.45, 7) is 7.48. The maximum Gasteiger partial charge on any atom is 0.170 e. The number of hydrogen-bond acceptors (Lipinski definition) is 2. The van der Waals surface area contributed by atoms with Crippen molar-refractivity contribution in [1.29, 1.82) is 0 Å². The molecule has 0 aliphatic carbocycles. The van der Waals surface area contributed by atoms with Gasteiger partial charge in [-0.15, -0.1) is 0 Å². The Morgan fingerprint density at radius 2 is 2.09 bits per heavy atom. The molecule has 1 N–H and O–H groups in total. The summed E-state index contributed by atoms with van der Waals surface area (Å²) in [7, 11) is 0. The van der Waals surface area contributed by atoms with Gasteiger partial charge in [0.15, 0.2) is 5.11 Å². The quantitative estimate of drug-likeness (QED) is 0.878. The lowest BCUT2D eigenvalue weighted by Gasteiger charge is -2.31. The second-order valence-electron chi connectivity index (χ2n) is 5.85. The van der Waals surface area contributed by atoms with Gasteiger partial charge in [-0.1, -0.05) is 6.07 Å². The van der Waals surface area contributed by atoms with Crippen molar-refractivity contribution in [2.24, 2.45) is 0 Å². The van der Waals surface area contributed by atoms with Crippen LogP contribution in [0.2, 0.25) is 0 Å². The number of aryl methyl sites for hydroxylation is 1. The third-order valence-corrected chi connectivity index (χ3v) is 4.53. The number of aromatic nitrogens is 2. The summed E-state index contributed by atoms with van der Waals surface area (Å²) < 4.78 is 2.28. The summed E-state index contributed by atoms with van der Waals surface area (Å²) in [4.78, 5) is 6.83. The third kappa shape index (κ3) is 2.50. The van der Waals surface area contributed by atoms with E-state index in [1.54, 1.807) is 0 Å². The van der Waals surface area contributed by atoms with Gasteiger partial charge in [-0.05, 0) is 57.3 Å². The predicted molar refractivity (Wildman–Crippen MR) is 92.5 cm³/mol. The highest BCUT2D eigenvalue weighted by atomic mass is 32.1. The lowest BCUT2D eigenvalue weighted by atomic mass is 10.0. The second kappa shape index (κ2) is 6.08. The summed E-state index contributed by atoms with van der Waals surface area (Å²) in [6.07, 6.45) is 3.97. The van der Waals surface area contributed by atoms with E-state index in [9.17, 15) is 0 Å². The first-order valence-corrected chi connectivity index (χ1v) is 8.19. The van der Waals surface area contributed by atoms with Gasteiger partial charge in [-0.2, -0.15) is 0 Å². The molecule has 0 unspecified atom stereocenters. The maximum absolute atomic E-state index is 5.60. The SMILES string of the molecule is CCn1cccc1[C@@H]1[C@H](c2ccccn2)NC(=S)N1C(C)C. The van der Waals surface area contributed by atoms with Crippen molar-refractivity contribution in [3.05, 3.63) is 54.1 Å². The van der Waals surface area contributed by atoms with Crippen molar-refractivity contribution < 1.29 is 0 Å². The van der Waals surface area contributed by atoms with Crippen LogP contribution >= 0.6 is 12.2 Å². The minimum Gasteiger partial charge on any atom is -0.352 e. The smallest absolute Gasteiger partial charge is 0.170 e. The molecule has 0 spiro atoms. The molecule has 4 nitrogen and oxygen atoms in total. The first kappa shape index (κ1) is 15.0. The van der Waals surface area contributed by atoms with E-state index < -0.39 is 0 Å². The van der Waals surface area contributed by atoms with Crippen LogP contribution in [0.25, 0.3) is 0 Å². The van der Waals surface area contributed by atoms with E-state index in [4.69, 9.17) is 12.2 Å². The van der Waals surface area contributed by atoms with Crippen molar-refractivity contribution in [2.45, 2.75) is 45.4 Å². The highest BCUT2D eigenvalue weighted by Crippen LogP contribution is 2.39. The molecule has 22 heavy (non-hydrogen) atoms. The molecule has 1 saturated heterocycles. The zero-order valence-corrected chi connectivity index (χ0v) is 14.0. The molecule has 0 bridgehead atoms. The summed E-state index contributed by atoms with van der Waals surface area (Å²) in [5, 5.41) is 4.28. The largest absolute Gasteiger partial charge is 0.352 e. The fraction of sp³-hybridized carbons (Fsp3) is 0.412. The average Bonchev–Trinajstić information content (AvgIpc) is 3.11. The lowest BCUT2D eigenvalue weighted by molar-refractivity contribution is 0.259. The number of rotatable bonds is 4. The second-order valence-corrected chi connectivity index (χ2v) is 6.23. The van der Waals surface area contributed by atoms with Gasteiger partial charge in [0.05, 0.1) is 17.8 Å². The van der Waals surface area contributed by atoms with Crippen LogP contribution < -0.4 is 5.32 Å². The van der Waals surface area contributed by atoms with E-state index in [0.29, 0.717) is 6.04 Å². The molecule has 1 aliphatic rings. The molecular weight excluding hydrogens is 292 g/mol. The fourth-order valence-electron chi connectivity index (χ4n) is 3.22. The molecule has 3 rings (SSSR count). The Bertz CT molecular complexity index is 650. The lowest BCUT2D eigenvalue weighted by Crippen LogP contribution is -2.36. The van der Waals surface area contributed by atoms with Crippen LogP contribution in [-0.4, -0.2) is 25.6 Å². The van der Waals surface area contributed by atoms with Crippen LogP contribution in [0.5, 0.6) is 0 Å². The first-order valence-electron chi connectivity index (χ1n) is 7.78. The van der Waals surface area contributed by atoms with Gasteiger partial charge >= 0.3 is 0 Å². The van der Waals surface area contributed by atoms with E-state index in [-0.39, 0.29) is 12.1 Å². The molecule has 0 aromatic carbocycles. The van der Waals surface area contributed by atoms with Gasteiger partial charge in [0, 0.05) is 30.7 Å². The first-order chi connectivity index (χ1) is 10.6. The van der Waals surface area contributed by atoms with E-state index in [1.165, 1.54) is 5.69 Å². The van der Waals surface area contributed by atoms with Crippen molar-refractivity contribution in [1.82, 2.24) is 19.8 Å². The topological polar surface area (TPSA) is 33.1 Å². The van der Waals surface area contributed by atoms with Crippen LogP contribution in [0.1, 0.15) is 44.2 Å². The number of thiocarbonyl (C=S) groups is 1. The Labute approximate surface area is 137 Å². The van der Waals surface area contributed by atoms with Crippen molar-refractivity contribution >= 4 is 17.3 Å². The molecule has 5 heteroatoms. The van der Waals surface area contributed by atoms with Crippen LogP contribution in [0.3, 0.4) is 0 Å². The number of nitrogens with zero attached hydrogens (tertiary/aromatic N) is 3. The Hall–Kier alpha value is -1.88. The standard InChI is InChI=1S/C17H22N4S/c1-4-20-11-7-9-14(20)16-15(13-8-5-6-10-18-13)19-17(22)21(16)12(2)3/h5-12,15-16H,4H2,1-3H3,(H,19,22)/t15-,16+/m0/s1. The van der Waals surface area contributed by atoms with Gasteiger partial charge in [0.1, 0.15) is 0 Å². The van der Waals surface area contributed by atoms with Crippen molar-refractivity contribution in [2.75, 3.05) is 0 Å². The average molecular weight is 314 g/mol. The molecule has 0 amide bonds. The van der Waals surface area contributed by atoms with E-state index in [0.717, 1.165) is 17.4 Å². The van der Waals surface area contributed by atoms with Crippen molar-refractivity contribution in [3.8, 4) is 0 Å². The number of nitrogens with one attached hydrogen (secondary N) is 1. The normalized spacial score (nSPS) is 21.5. The minimum absolute atomic E-state index is 0.0799. The van der Waals surface area contributed by atoms with E-state index in [2.05, 4.69) is 64.9 Å². The summed E-state index contributed by atoms with van der Waals surface area (Å²) >= 11 is 5.60. The summed E-state index contributed by atoms with van der Waals surface area (Å²) in [6, 6.07) is 10.9. The fourth-order valence-corrected chi connectivity index (χ4v) is 3.67. The molecule has 0 radical (unpaired) electrons. The molecule has 2 aromatic heterocycles. The zero-order chi connectivity index (χ0) is 15.7. The van der Waals surface area contributed by atoms with Crippen LogP contribution in [0.4, 0.5) is 0 Å². The maximum atomic E-state index is 5.60. The van der Waals surface area contributed by atoms with Crippen LogP contribution in [-0.2, 0) is 6.54 Å². The van der Waals surface area contributed by atoms with Crippen LogP contribution in [0.15, 0.2) is 42.7 Å². The van der Waals surface area contributed by atoms with E-state index in [1.807, 2.05) is 18.3 Å². The third-order valence-electron chi connectivity index (χ3n) is 4.20. The monoisotopic (exact) mass is 314 g/mol. The van der Waals surface area contributed by atoms with Gasteiger partial charge in [0.25, 0.3) is 0 Å². The highest BCUT2D eigenvalue weighted by Gasteiger charge is 2.41. The molecule has 1 aliphatic heterocycles. The van der Waals surface area contributed by atoms with E-state index >= 15 is 0 Å².